The number of halogens is 2. The Bertz CT molecular complexity index is 1510. The first-order valence-corrected chi connectivity index (χ1v) is 13.7. The number of carbonyl (C=O) groups excluding carboxylic acids is 1. The molecule has 1 aliphatic heterocycles. The van der Waals surface area contributed by atoms with Gasteiger partial charge in [-0.05, 0) is 33.9 Å². The number of nitrogens with zero attached hydrogens (tertiary/aromatic N) is 5. The van der Waals surface area contributed by atoms with Crippen molar-refractivity contribution < 1.29 is 23.7 Å². The number of ether oxygens (including phenoxy) is 3. The van der Waals surface area contributed by atoms with Gasteiger partial charge in [-0.25, -0.2) is 4.98 Å². The molecule has 0 saturated carbocycles. The molecule has 0 aliphatic carbocycles. The fraction of sp³-hybridized carbons (Fsp3) is 0.481. The van der Waals surface area contributed by atoms with Gasteiger partial charge in [-0.2, -0.15) is 9.78 Å². The number of benzene rings is 1. The molecule has 0 unspecified atom stereocenters. The van der Waals surface area contributed by atoms with Gasteiger partial charge in [0.1, 0.15) is 41.9 Å². The summed E-state index contributed by atoms with van der Waals surface area (Å²) in [5.41, 5.74) is -0.242. The highest BCUT2D eigenvalue weighted by Crippen LogP contribution is 2.45. The highest BCUT2D eigenvalue weighted by Gasteiger charge is 2.47. The lowest BCUT2D eigenvalue weighted by Gasteiger charge is -2.52. The Morgan fingerprint density at radius 1 is 1.20 bits per heavy atom. The van der Waals surface area contributed by atoms with Crippen molar-refractivity contribution in [3.05, 3.63) is 43.9 Å². The Morgan fingerprint density at radius 2 is 1.80 bits per heavy atom. The van der Waals surface area contributed by atoms with Gasteiger partial charge in [-0.1, -0.05) is 23.2 Å². The summed E-state index contributed by atoms with van der Waals surface area (Å²) in [6.45, 7) is 5.89. The van der Waals surface area contributed by atoms with Crippen LogP contribution in [0.1, 0.15) is 20.8 Å². The highest BCUT2D eigenvalue weighted by molar-refractivity contribution is 6.41. The number of hydrogen-bond donors (Lipinski definition) is 1. The van der Waals surface area contributed by atoms with Gasteiger partial charge in [0.2, 0.25) is 5.95 Å². The van der Waals surface area contributed by atoms with Gasteiger partial charge in [0.15, 0.2) is 0 Å². The molecule has 1 fully saturated rings. The zero-order valence-corrected chi connectivity index (χ0v) is 25.6. The van der Waals surface area contributed by atoms with E-state index in [4.69, 9.17) is 37.4 Å². The topological polar surface area (TPSA) is 131 Å². The van der Waals surface area contributed by atoms with E-state index in [2.05, 4.69) is 15.3 Å². The summed E-state index contributed by atoms with van der Waals surface area (Å²) in [6, 6.07) is 3.02. The molecule has 3 heterocycles. The summed E-state index contributed by atoms with van der Waals surface area (Å²) in [4.78, 5) is 37.2. The number of methoxy groups -OCH3 is 2. The molecule has 1 aliphatic rings. The molecule has 4 rings (SSSR count). The van der Waals surface area contributed by atoms with Crippen molar-refractivity contribution in [3.8, 4) is 22.6 Å². The molecule has 1 aromatic carbocycles. The number of hydrogen-bond acceptors (Lipinski definition) is 10. The molecule has 0 atom stereocenters. The van der Waals surface area contributed by atoms with E-state index in [0.717, 1.165) is 0 Å². The van der Waals surface area contributed by atoms with Crippen LogP contribution in [0.15, 0.2) is 23.1 Å². The lowest BCUT2D eigenvalue weighted by atomic mass is 10.0. The molecule has 1 saturated heterocycles. The van der Waals surface area contributed by atoms with Crippen molar-refractivity contribution >= 4 is 46.3 Å². The monoisotopic (exact) mass is 608 g/mol. The van der Waals surface area contributed by atoms with Gasteiger partial charge >= 0.3 is 6.09 Å². The molecule has 3 aromatic rings. The minimum Gasteiger partial charge on any atom is -0.622 e. The van der Waals surface area contributed by atoms with Crippen LogP contribution >= 0.6 is 23.2 Å². The Hall–Kier alpha value is -3.16. The second-order valence-electron chi connectivity index (χ2n) is 10.9. The van der Waals surface area contributed by atoms with Gasteiger partial charge < -0.3 is 24.7 Å². The standard InChI is InChI=1S/C27H34Cl2N6O6/c1-27(2,3)41-26(37)35(38)13-16(14-35)33(5)8-9-34-23-15(12-31-25(30-4)32-23)10-17(24(34)36)20-21(28)18(39-6)11-19(40-7)22(20)29/h10-12,16H,8-9,13-14H2,1-7H3,(H,30,31,32). The third-order valence-electron chi connectivity index (χ3n) is 6.93. The van der Waals surface area contributed by atoms with Crippen molar-refractivity contribution in [2.24, 2.45) is 0 Å². The predicted molar refractivity (Wildman–Crippen MR) is 158 cm³/mol. The van der Waals surface area contributed by atoms with E-state index < -0.39 is 16.3 Å². The minimum atomic E-state index is -1.04. The van der Waals surface area contributed by atoms with Crippen molar-refractivity contribution in [1.82, 2.24) is 19.4 Å². The van der Waals surface area contributed by atoms with E-state index in [1.54, 1.807) is 46.1 Å². The fourth-order valence-corrected chi connectivity index (χ4v) is 5.33. The molecule has 1 amide bonds. The van der Waals surface area contributed by atoms with Gasteiger partial charge in [0.05, 0.1) is 29.8 Å². The summed E-state index contributed by atoms with van der Waals surface area (Å²) < 4.78 is 16.6. The molecule has 1 N–H and O–H groups in total. The lowest BCUT2D eigenvalue weighted by molar-refractivity contribution is -0.856. The molecule has 222 valence electrons. The average Bonchev–Trinajstić information content (AvgIpc) is 2.89. The largest absolute Gasteiger partial charge is 0.622 e. The predicted octanol–water partition coefficient (Wildman–Crippen LogP) is 4.39. The average molecular weight is 610 g/mol. The smallest absolute Gasteiger partial charge is 0.516 e. The Labute approximate surface area is 247 Å². The molecule has 0 spiro atoms. The normalized spacial score (nSPS) is 18.8. The maximum absolute atomic E-state index is 14.0. The van der Waals surface area contributed by atoms with Crippen LogP contribution in [0.5, 0.6) is 11.5 Å². The number of amides is 1. The number of hydroxylamine groups is 3. The Morgan fingerprint density at radius 3 is 2.34 bits per heavy atom. The summed E-state index contributed by atoms with van der Waals surface area (Å²) >= 11 is 13.3. The number of likely N-dealkylation sites (tertiary alicyclic amines) is 1. The van der Waals surface area contributed by atoms with Gasteiger partial charge in [0.25, 0.3) is 5.56 Å². The number of quaternary nitrogens is 1. The van der Waals surface area contributed by atoms with E-state index in [1.165, 1.54) is 18.8 Å². The van der Waals surface area contributed by atoms with E-state index in [-0.39, 0.29) is 52.4 Å². The number of pyridine rings is 1. The first-order valence-electron chi connectivity index (χ1n) is 12.9. The molecule has 0 radical (unpaired) electrons. The summed E-state index contributed by atoms with van der Waals surface area (Å²) in [6.07, 6.45) is 0.808. The first-order chi connectivity index (χ1) is 19.2. The second-order valence-corrected chi connectivity index (χ2v) is 11.6. The first kappa shape index (κ1) is 30.8. The Kier molecular flexibility index (Phi) is 8.72. The van der Waals surface area contributed by atoms with Crippen LogP contribution < -0.4 is 20.3 Å². The van der Waals surface area contributed by atoms with Crippen LogP contribution in [0.2, 0.25) is 10.0 Å². The number of aromatic nitrogens is 3. The molecule has 41 heavy (non-hydrogen) atoms. The van der Waals surface area contributed by atoms with Gasteiger partial charge in [0, 0.05) is 43.4 Å². The number of carbonyl (C=O) groups is 1. The lowest BCUT2D eigenvalue weighted by Crippen LogP contribution is -2.70. The maximum atomic E-state index is 14.0. The van der Waals surface area contributed by atoms with Crippen molar-refractivity contribution in [1.29, 1.82) is 0 Å². The number of fused-ring (bicyclic) bond motifs is 1. The van der Waals surface area contributed by atoms with Crippen molar-refractivity contribution in [2.45, 2.75) is 39.0 Å². The van der Waals surface area contributed by atoms with Crippen LogP contribution in [0.4, 0.5) is 10.7 Å². The molecular weight excluding hydrogens is 575 g/mol. The van der Waals surface area contributed by atoms with Crippen molar-refractivity contribution in [2.75, 3.05) is 53.3 Å². The molecule has 0 bridgehead atoms. The van der Waals surface area contributed by atoms with E-state index in [0.29, 0.717) is 35.0 Å². The Balaban J connectivity index is 1.69. The zero-order chi connectivity index (χ0) is 30.3. The van der Waals surface area contributed by atoms with Gasteiger partial charge in [-0.15, -0.1) is 0 Å². The zero-order valence-electron chi connectivity index (χ0n) is 24.1. The number of rotatable bonds is 8. The SMILES string of the molecule is CNc1ncc2cc(-c3c(Cl)c(OC)cc(OC)c3Cl)c(=O)n(CCN(C)C3C[N+]([O-])(C(=O)OC(C)(C)C)C3)c2n1. The molecular formula is C27H34Cl2N6O6. The van der Waals surface area contributed by atoms with Crippen LogP contribution in [-0.4, -0.2) is 89.8 Å². The fourth-order valence-electron chi connectivity index (χ4n) is 4.63. The quantitative estimate of drug-likeness (QED) is 0.290. The van der Waals surface area contributed by atoms with E-state index in [9.17, 15) is 14.8 Å². The van der Waals surface area contributed by atoms with Crippen LogP contribution in [0.25, 0.3) is 22.2 Å². The minimum absolute atomic E-state index is 0.0575. The van der Waals surface area contributed by atoms with Crippen LogP contribution in [-0.2, 0) is 11.3 Å². The third-order valence-corrected chi connectivity index (χ3v) is 7.68. The van der Waals surface area contributed by atoms with E-state index >= 15 is 0 Å². The summed E-state index contributed by atoms with van der Waals surface area (Å²) in [5.74, 6) is 0.935. The van der Waals surface area contributed by atoms with Crippen LogP contribution in [0.3, 0.4) is 0 Å². The van der Waals surface area contributed by atoms with Gasteiger partial charge in [-0.3, -0.25) is 18.9 Å². The van der Waals surface area contributed by atoms with E-state index in [1.807, 2.05) is 11.9 Å². The third kappa shape index (κ3) is 6.07. The molecule has 14 heteroatoms. The molecule has 12 nitrogen and oxygen atoms in total. The summed E-state index contributed by atoms with van der Waals surface area (Å²) in [7, 11) is 6.44. The number of nitrogens with one attached hydrogen (secondary N) is 1. The maximum Gasteiger partial charge on any atom is 0.516 e. The summed E-state index contributed by atoms with van der Waals surface area (Å²) in [5, 5.41) is 16.7. The number of likely N-dealkylation sites (N-methyl/N-ethyl adjacent to an activating group) is 1. The highest BCUT2D eigenvalue weighted by atomic mass is 35.5. The van der Waals surface area contributed by atoms with Crippen molar-refractivity contribution in [3.63, 3.8) is 0 Å². The molecule has 2 aromatic heterocycles. The number of anilines is 1. The van der Waals surface area contributed by atoms with Crippen LogP contribution in [0, 0.1) is 5.21 Å². The second kappa shape index (κ2) is 11.6.